The number of nitrogens with two attached hydrogens (primary N) is 1. The summed E-state index contributed by atoms with van der Waals surface area (Å²) < 4.78 is 0. The molecule has 2 rings (SSSR count). The van der Waals surface area contributed by atoms with Gasteiger partial charge in [0.25, 0.3) is 0 Å². The maximum Gasteiger partial charge on any atom is 0.142 e. The van der Waals surface area contributed by atoms with E-state index in [9.17, 15) is 0 Å². The lowest BCUT2D eigenvalue weighted by molar-refractivity contribution is 1.06. The van der Waals surface area contributed by atoms with Crippen molar-refractivity contribution in [3.63, 3.8) is 0 Å². The Morgan fingerprint density at radius 3 is 2.82 bits per heavy atom. The number of aromatic nitrogens is 2. The van der Waals surface area contributed by atoms with Crippen LogP contribution in [0.3, 0.4) is 0 Å². The third-order valence-corrected chi connectivity index (χ3v) is 2.50. The Hall–Kier alpha value is -2.14. The van der Waals surface area contributed by atoms with E-state index in [0.717, 1.165) is 11.4 Å². The fourth-order valence-corrected chi connectivity index (χ4v) is 1.48. The molecule has 0 fully saturated rings. The minimum atomic E-state index is 0.637. The summed E-state index contributed by atoms with van der Waals surface area (Å²) in [5.41, 5.74) is 4.88. The molecule has 2 aromatic rings. The summed E-state index contributed by atoms with van der Waals surface area (Å²) in [6.07, 6.45) is 3.64. The predicted molar refractivity (Wildman–Crippen MR) is 68.3 cm³/mol. The molecule has 0 aromatic carbocycles. The van der Waals surface area contributed by atoms with Crippen LogP contribution in [-0.4, -0.2) is 9.97 Å². The van der Waals surface area contributed by atoms with Crippen LogP contribution in [0.4, 0.5) is 11.6 Å². The van der Waals surface area contributed by atoms with Crippen molar-refractivity contribution >= 4 is 11.6 Å². The van der Waals surface area contributed by atoms with Crippen LogP contribution < -0.4 is 16.6 Å². The van der Waals surface area contributed by atoms with Crippen molar-refractivity contribution in [3.8, 4) is 0 Å². The molecule has 0 saturated carbocycles. The van der Waals surface area contributed by atoms with Gasteiger partial charge in [0.05, 0.1) is 0 Å². The van der Waals surface area contributed by atoms with Gasteiger partial charge >= 0.3 is 0 Å². The van der Waals surface area contributed by atoms with Crippen LogP contribution in [0.5, 0.6) is 0 Å². The molecule has 5 nitrogen and oxygen atoms in total. The Kier molecular flexibility index (Phi) is 3.52. The zero-order valence-electron chi connectivity index (χ0n) is 9.64. The van der Waals surface area contributed by atoms with Gasteiger partial charge in [-0.05, 0) is 36.2 Å². The molecule has 5 heteroatoms. The first-order valence-corrected chi connectivity index (χ1v) is 5.36. The number of nitrogen functional groups attached to an aromatic ring is 1. The smallest absolute Gasteiger partial charge is 0.142 e. The molecule has 0 spiro atoms. The highest BCUT2D eigenvalue weighted by molar-refractivity contribution is 5.44. The van der Waals surface area contributed by atoms with Gasteiger partial charge in [-0.15, -0.1) is 0 Å². The molecule has 0 unspecified atom stereocenters. The van der Waals surface area contributed by atoms with E-state index >= 15 is 0 Å². The number of nitrogens with zero attached hydrogens (tertiary/aromatic N) is 2. The molecule has 0 radical (unpaired) electrons. The first-order chi connectivity index (χ1) is 8.29. The van der Waals surface area contributed by atoms with Crippen LogP contribution in [0.25, 0.3) is 0 Å². The van der Waals surface area contributed by atoms with Crippen LogP contribution in [-0.2, 0) is 6.54 Å². The van der Waals surface area contributed by atoms with Gasteiger partial charge < -0.3 is 10.7 Å². The molecule has 4 N–H and O–H groups in total. The Morgan fingerprint density at radius 2 is 2.06 bits per heavy atom. The number of rotatable bonds is 4. The van der Waals surface area contributed by atoms with E-state index in [1.807, 2.05) is 24.4 Å². The van der Waals surface area contributed by atoms with E-state index < -0.39 is 0 Å². The molecule has 88 valence electrons. The van der Waals surface area contributed by atoms with Gasteiger partial charge in [-0.3, -0.25) is 4.98 Å². The minimum absolute atomic E-state index is 0.637. The average molecular weight is 229 g/mol. The Bertz CT molecular complexity index is 498. The monoisotopic (exact) mass is 229 g/mol. The highest BCUT2D eigenvalue weighted by atomic mass is 15.3. The number of nitrogens with one attached hydrogen (secondary N) is 2. The molecule has 0 atom stereocenters. The van der Waals surface area contributed by atoms with Crippen molar-refractivity contribution in [1.82, 2.24) is 9.97 Å². The number of aryl methyl sites for hydroxylation is 1. The second-order valence-electron chi connectivity index (χ2n) is 3.71. The Balaban J connectivity index is 2.05. The van der Waals surface area contributed by atoms with Crippen LogP contribution in [0.15, 0.2) is 36.7 Å². The summed E-state index contributed by atoms with van der Waals surface area (Å²) in [6, 6.07) is 7.58. The van der Waals surface area contributed by atoms with Gasteiger partial charge in [-0.1, -0.05) is 6.07 Å². The minimum Gasteiger partial charge on any atom is -0.366 e. The van der Waals surface area contributed by atoms with Crippen LogP contribution in [0.1, 0.15) is 11.1 Å². The number of hydrogen-bond donors (Lipinski definition) is 3. The second kappa shape index (κ2) is 5.27. The van der Waals surface area contributed by atoms with Gasteiger partial charge in [0.1, 0.15) is 11.6 Å². The topological polar surface area (TPSA) is 75.9 Å². The molecule has 0 aliphatic carbocycles. The van der Waals surface area contributed by atoms with Crippen molar-refractivity contribution in [3.05, 3.63) is 47.8 Å². The molecule has 0 bridgehead atoms. The zero-order chi connectivity index (χ0) is 12.1. The zero-order valence-corrected chi connectivity index (χ0v) is 9.64. The van der Waals surface area contributed by atoms with Crippen molar-refractivity contribution in [2.24, 2.45) is 5.84 Å². The molecule has 17 heavy (non-hydrogen) atoms. The van der Waals surface area contributed by atoms with Gasteiger partial charge in [0.15, 0.2) is 0 Å². The molecule has 0 aliphatic rings. The summed E-state index contributed by atoms with van der Waals surface area (Å²) in [5, 5.41) is 3.23. The lowest BCUT2D eigenvalue weighted by atomic mass is 10.1. The van der Waals surface area contributed by atoms with E-state index in [-0.39, 0.29) is 0 Å². The molecular weight excluding hydrogens is 214 g/mol. The normalized spacial score (nSPS) is 10.0. The number of anilines is 2. The van der Waals surface area contributed by atoms with Crippen molar-refractivity contribution < 1.29 is 0 Å². The second-order valence-corrected chi connectivity index (χ2v) is 3.71. The Morgan fingerprint density at radius 1 is 1.24 bits per heavy atom. The summed E-state index contributed by atoms with van der Waals surface area (Å²) in [7, 11) is 0. The standard InChI is InChI=1S/C12H15N5/c1-9-5-6-14-7-10(9)8-15-11-3-2-4-12(16-11)17-13/h2-7H,8,13H2,1H3,(H2,15,16,17). The molecule has 2 aromatic heterocycles. The van der Waals surface area contributed by atoms with E-state index in [1.54, 1.807) is 12.3 Å². The quantitative estimate of drug-likeness (QED) is 0.549. The maximum absolute atomic E-state index is 5.30. The first-order valence-electron chi connectivity index (χ1n) is 5.36. The third kappa shape index (κ3) is 2.92. The van der Waals surface area contributed by atoms with Crippen molar-refractivity contribution in [2.45, 2.75) is 13.5 Å². The van der Waals surface area contributed by atoms with Crippen LogP contribution >= 0.6 is 0 Å². The van der Waals surface area contributed by atoms with Gasteiger partial charge in [-0.2, -0.15) is 0 Å². The summed E-state index contributed by atoms with van der Waals surface area (Å²) >= 11 is 0. The number of hydrazine groups is 1. The van der Waals surface area contributed by atoms with E-state index in [2.05, 4.69) is 27.6 Å². The SMILES string of the molecule is Cc1ccncc1CNc1cccc(NN)n1. The maximum atomic E-state index is 5.30. The molecule has 0 saturated heterocycles. The fourth-order valence-electron chi connectivity index (χ4n) is 1.48. The lowest BCUT2D eigenvalue weighted by Gasteiger charge is -2.08. The first kappa shape index (κ1) is 11.3. The van der Waals surface area contributed by atoms with Gasteiger partial charge in [0, 0.05) is 18.9 Å². The van der Waals surface area contributed by atoms with Crippen molar-refractivity contribution in [1.29, 1.82) is 0 Å². The molecular formula is C12H15N5. The number of hydrogen-bond acceptors (Lipinski definition) is 5. The summed E-state index contributed by atoms with van der Waals surface area (Å²) in [5.74, 6) is 6.72. The van der Waals surface area contributed by atoms with Crippen LogP contribution in [0.2, 0.25) is 0 Å². The van der Waals surface area contributed by atoms with E-state index in [4.69, 9.17) is 5.84 Å². The van der Waals surface area contributed by atoms with Crippen molar-refractivity contribution in [2.75, 3.05) is 10.7 Å². The summed E-state index contributed by atoms with van der Waals surface area (Å²) in [6.45, 7) is 2.75. The summed E-state index contributed by atoms with van der Waals surface area (Å²) in [4.78, 5) is 8.37. The van der Waals surface area contributed by atoms with Gasteiger partial charge in [-0.25, -0.2) is 10.8 Å². The molecule has 0 aliphatic heterocycles. The van der Waals surface area contributed by atoms with Gasteiger partial charge in [0.2, 0.25) is 0 Å². The number of pyridine rings is 2. The molecule has 2 heterocycles. The van der Waals surface area contributed by atoms with Crippen LogP contribution in [0, 0.1) is 6.92 Å². The highest BCUT2D eigenvalue weighted by Crippen LogP contribution is 2.11. The molecule has 0 amide bonds. The van der Waals surface area contributed by atoms with E-state index in [0.29, 0.717) is 12.4 Å². The predicted octanol–water partition coefficient (Wildman–Crippen LogP) is 1.68. The van der Waals surface area contributed by atoms with E-state index in [1.165, 1.54) is 5.56 Å². The largest absolute Gasteiger partial charge is 0.366 e. The average Bonchev–Trinajstić information content (AvgIpc) is 2.38. The third-order valence-electron chi connectivity index (χ3n) is 2.50. The fraction of sp³-hybridized carbons (Fsp3) is 0.167. The Labute approximate surface area is 100 Å². The lowest BCUT2D eigenvalue weighted by Crippen LogP contribution is -2.10. The highest BCUT2D eigenvalue weighted by Gasteiger charge is 1.99.